The maximum atomic E-state index is 7.38. The van der Waals surface area contributed by atoms with E-state index in [1.54, 1.807) is 6.20 Å². The Morgan fingerprint density at radius 2 is 2.13 bits per heavy atom. The Labute approximate surface area is 176 Å². The van der Waals surface area contributed by atoms with Crippen molar-refractivity contribution in [2.45, 2.75) is 26.8 Å². The quantitative estimate of drug-likeness (QED) is 0.648. The lowest BCUT2D eigenvalue weighted by molar-refractivity contribution is 0.0986. The molecule has 0 aliphatic carbocycles. The molecule has 4 rings (SSSR count). The number of fused-ring (bicyclic) bond motifs is 1. The van der Waals surface area contributed by atoms with E-state index in [-0.39, 0.29) is 6.04 Å². The molecule has 1 saturated heterocycles. The van der Waals surface area contributed by atoms with E-state index < -0.39 is 0 Å². The predicted octanol–water partition coefficient (Wildman–Crippen LogP) is 3.48. The van der Waals surface area contributed by atoms with Gasteiger partial charge in [-0.2, -0.15) is 0 Å². The first kappa shape index (κ1) is 20.0. The summed E-state index contributed by atoms with van der Waals surface area (Å²) < 4.78 is 5.61. The van der Waals surface area contributed by atoms with Crippen LogP contribution in [0.3, 0.4) is 0 Å². The minimum absolute atomic E-state index is 0.212. The first-order valence-electron chi connectivity index (χ1n) is 10.0. The van der Waals surface area contributed by atoms with Crippen LogP contribution in [0.25, 0.3) is 27.7 Å². The van der Waals surface area contributed by atoms with Crippen molar-refractivity contribution in [1.82, 2.24) is 15.0 Å². The van der Waals surface area contributed by atoms with Gasteiger partial charge in [-0.1, -0.05) is 0 Å². The largest absolute Gasteiger partial charge is 0.397 e. The molecule has 0 bridgehead atoms. The lowest BCUT2D eigenvalue weighted by atomic mass is 9.99. The van der Waals surface area contributed by atoms with Crippen LogP contribution in [-0.4, -0.2) is 47.0 Å². The molecular formula is C23H26N6O. The van der Waals surface area contributed by atoms with Crippen LogP contribution >= 0.6 is 0 Å². The highest BCUT2D eigenvalue weighted by atomic mass is 16.5. The fourth-order valence-electron chi connectivity index (χ4n) is 3.76. The summed E-state index contributed by atoms with van der Waals surface area (Å²) in [4.78, 5) is 16.3. The highest BCUT2D eigenvalue weighted by molar-refractivity contribution is 6.01. The van der Waals surface area contributed by atoms with Gasteiger partial charge in [0.1, 0.15) is 17.0 Å². The molecule has 1 atom stereocenters. The number of aryl methyl sites for hydroxylation is 2. The molecule has 0 saturated carbocycles. The van der Waals surface area contributed by atoms with Gasteiger partial charge < -0.3 is 20.8 Å². The second-order valence-corrected chi connectivity index (χ2v) is 7.62. The van der Waals surface area contributed by atoms with Crippen LogP contribution in [0.5, 0.6) is 0 Å². The lowest BCUT2D eigenvalue weighted by Crippen LogP contribution is -2.44. The zero-order valence-corrected chi connectivity index (χ0v) is 17.5. The number of hydrogen-bond acceptors (Lipinski definition) is 7. The predicted molar refractivity (Wildman–Crippen MR) is 121 cm³/mol. The number of nitrogens with zero attached hydrogens (tertiary/aromatic N) is 4. The summed E-state index contributed by atoms with van der Waals surface area (Å²) in [5.41, 5.74) is 12.2. The van der Waals surface area contributed by atoms with E-state index in [9.17, 15) is 0 Å². The number of nitrogens with two attached hydrogens (primary N) is 1. The number of rotatable bonds is 4. The number of ether oxygens (including phenoxy) is 1. The smallest absolute Gasteiger partial charge is 0.130 e. The first-order valence-corrected chi connectivity index (χ1v) is 10.0. The molecule has 30 heavy (non-hydrogen) atoms. The second-order valence-electron chi connectivity index (χ2n) is 7.62. The van der Waals surface area contributed by atoms with E-state index in [1.807, 2.05) is 19.2 Å². The van der Waals surface area contributed by atoms with Gasteiger partial charge in [-0.3, -0.25) is 9.97 Å². The van der Waals surface area contributed by atoms with Crippen molar-refractivity contribution in [1.29, 1.82) is 5.41 Å². The summed E-state index contributed by atoms with van der Waals surface area (Å²) in [5.74, 6) is 0.864. The van der Waals surface area contributed by atoms with Crippen molar-refractivity contribution in [3.05, 3.63) is 53.6 Å². The molecule has 7 nitrogen and oxygen atoms in total. The Hall–Kier alpha value is -3.32. The van der Waals surface area contributed by atoms with Gasteiger partial charge in [0.25, 0.3) is 0 Å². The van der Waals surface area contributed by atoms with Gasteiger partial charge in [-0.05, 0) is 56.2 Å². The number of allylic oxidation sites excluding steroid dienone is 1. The van der Waals surface area contributed by atoms with E-state index in [0.717, 1.165) is 51.9 Å². The maximum Gasteiger partial charge on any atom is 0.130 e. The average Bonchev–Trinajstić information content (AvgIpc) is 2.75. The molecule has 7 heteroatoms. The van der Waals surface area contributed by atoms with Gasteiger partial charge in [-0.15, -0.1) is 0 Å². The third-order valence-electron chi connectivity index (χ3n) is 5.56. The fraction of sp³-hybridized carbons (Fsp3) is 0.304. The molecule has 1 aliphatic rings. The number of morpholine rings is 1. The number of pyridine rings is 3. The van der Waals surface area contributed by atoms with Gasteiger partial charge in [0, 0.05) is 41.8 Å². The Bertz CT molecular complexity index is 1140. The number of anilines is 1. The molecule has 0 spiro atoms. The van der Waals surface area contributed by atoms with Gasteiger partial charge in [0.2, 0.25) is 0 Å². The van der Waals surface area contributed by atoms with Crippen LogP contribution in [0.2, 0.25) is 0 Å². The van der Waals surface area contributed by atoms with Crippen molar-refractivity contribution >= 4 is 28.6 Å². The van der Waals surface area contributed by atoms with Crippen LogP contribution in [0.1, 0.15) is 23.9 Å². The lowest BCUT2D eigenvalue weighted by Gasteiger charge is -2.34. The summed E-state index contributed by atoms with van der Waals surface area (Å²) in [6, 6.07) is 6.45. The van der Waals surface area contributed by atoms with Gasteiger partial charge in [0.05, 0.1) is 25.0 Å². The van der Waals surface area contributed by atoms with Crippen molar-refractivity contribution in [2.24, 2.45) is 5.73 Å². The van der Waals surface area contributed by atoms with Crippen LogP contribution in [0.15, 0.2) is 36.7 Å². The number of nitrogens with one attached hydrogen (secondary N) is 1. The normalized spacial score (nSPS) is 17.4. The maximum absolute atomic E-state index is 7.38. The first-order chi connectivity index (χ1) is 14.5. The van der Waals surface area contributed by atoms with Crippen molar-refractivity contribution in [3.63, 3.8) is 0 Å². The third-order valence-corrected chi connectivity index (χ3v) is 5.56. The molecule has 1 aliphatic heterocycles. The molecule has 154 valence electrons. The minimum atomic E-state index is 0.212. The average molecular weight is 403 g/mol. The van der Waals surface area contributed by atoms with E-state index >= 15 is 0 Å². The molecule has 4 heterocycles. The molecule has 0 radical (unpaired) electrons. The Morgan fingerprint density at radius 3 is 2.87 bits per heavy atom. The molecule has 0 amide bonds. The standard InChI is InChI=1S/C23H26N6O/c1-14-10-17(12-27-16(14)3)19-11-21(29-8-9-30-13-15(29)2)28-22-18(19)5-7-26-23(22)20(25)4-6-24/h4-7,10-12,15,24H,8-9,13,25H2,1-3H3/b20-4-,24-6?. The zero-order valence-electron chi connectivity index (χ0n) is 17.5. The van der Waals surface area contributed by atoms with Crippen molar-refractivity contribution < 1.29 is 4.74 Å². The molecule has 3 N–H and O–H groups in total. The Kier molecular flexibility index (Phi) is 5.46. The molecule has 1 unspecified atom stereocenters. The van der Waals surface area contributed by atoms with E-state index in [0.29, 0.717) is 24.6 Å². The van der Waals surface area contributed by atoms with Crippen LogP contribution in [-0.2, 0) is 4.74 Å². The van der Waals surface area contributed by atoms with Crippen molar-refractivity contribution in [2.75, 3.05) is 24.7 Å². The second kappa shape index (κ2) is 8.20. The third kappa shape index (κ3) is 3.64. The highest BCUT2D eigenvalue weighted by Gasteiger charge is 2.23. The van der Waals surface area contributed by atoms with E-state index in [2.05, 4.69) is 40.8 Å². The SMILES string of the molecule is Cc1cc(-c2cc(N3CCOCC3C)nc3c(/C(N)=C/C=N)nccc23)cnc1C. The molecule has 3 aromatic heterocycles. The van der Waals surface area contributed by atoms with E-state index in [1.165, 1.54) is 6.08 Å². The summed E-state index contributed by atoms with van der Waals surface area (Å²) in [5, 5.41) is 8.33. The van der Waals surface area contributed by atoms with Crippen LogP contribution in [0.4, 0.5) is 5.82 Å². The highest BCUT2D eigenvalue weighted by Crippen LogP contribution is 2.34. The van der Waals surface area contributed by atoms with Gasteiger partial charge in [-0.25, -0.2) is 4.98 Å². The summed E-state index contributed by atoms with van der Waals surface area (Å²) in [6.07, 6.45) is 6.34. The Morgan fingerprint density at radius 1 is 1.30 bits per heavy atom. The van der Waals surface area contributed by atoms with Gasteiger partial charge in [0.15, 0.2) is 0 Å². The van der Waals surface area contributed by atoms with Crippen molar-refractivity contribution in [3.8, 4) is 11.1 Å². The molecule has 1 fully saturated rings. The monoisotopic (exact) mass is 402 g/mol. The Balaban J connectivity index is 2.01. The summed E-state index contributed by atoms with van der Waals surface area (Å²) in [6.45, 7) is 8.31. The number of hydrogen-bond donors (Lipinski definition) is 2. The van der Waals surface area contributed by atoms with Crippen LogP contribution in [0, 0.1) is 19.3 Å². The summed E-state index contributed by atoms with van der Waals surface area (Å²) >= 11 is 0. The van der Waals surface area contributed by atoms with E-state index in [4.69, 9.17) is 20.9 Å². The molecular weight excluding hydrogens is 376 g/mol. The minimum Gasteiger partial charge on any atom is -0.397 e. The molecule has 0 aromatic carbocycles. The number of aromatic nitrogens is 3. The van der Waals surface area contributed by atoms with Crippen LogP contribution < -0.4 is 10.6 Å². The zero-order chi connectivity index (χ0) is 21.3. The summed E-state index contributed by atoms with van der Waals surface area (Å²) in [7, 11) is 0. The fourth-order valence-corrected chi connectivity index (χ4v) is 3.76. The molecule has 3 aromatic rings. The van der Waals surface area contributed by atoms with Gasteiger partial charge >= 0.3 is 0 Å². The topological polar surface area (TPSA) is 101 Å².